The lowest BCUT2D eigenvalue weighted by atomic mass is 10.1. The van der Waals surface area contributed by atoms with Crippen LogP contribution in [0.3, 0.4) is 0 Å². The number of amides is 1. The van der Waals surface area contributed by atoms with Crippen LogP contribution in [0.5, 0.6) is 0 Å². The Balaban J connectivity index is 2.54. The second-order valence-electron chi connectivity index (χ2n) is 4.22. The predicted molar refractivity (Wildman–Crippen MR) is 70.9 cm³/mol. The van der Waals surface area contributed by atoms with Gasteiger partial charge in [-0.05, 0) is 12.5 Å². The molecular weight excluding hydrogens is 266 g/mol. The summed E-state index contributed by atoms with van der Waals surface area (Å²) in [4.78, 5) is 13.9. The van der Waals surface area contributed by atoms with E-state index in [0.29, 0.717) is 11.2 Å². The van der Waals surface area contributed by atoms with E-state index in [2.05, 4.69) is 15.9 Å². The zero-order valence-electron chi connectivity index (χ0n) is 10.0. The van der Waals surface area contributed by atoms with Gasteiger partial charge in [-0.1, -0.05) is 52.7 Å². The molecule has 1 aromatic carbocycles. The number of carbonyl (C=O) groups excluding carboxylic acids is 1. The normalized spacial score (nSPS) is 12.2. The van der Waals surface area contributed by atoms with E-state index in [1.54, 1.807) is 4.90 Å². The number of alkyl halides is 1. The highest BCUT2D eigenvalue weighted by Gasteiger charge is 2.11. The van der Waals surface area contributed by atoms with E-state index >= 15 is 0 Å². The van der Waals surface area contributed by atoms with Crippen LogP contribution in [0.25, 0.3) is 0 Å². The summed E-state index contributed by atoms with van der Waals surface area (Å²) in [5, 5.41) is 0. The quantitative estimate of drug-likeness (QED) is 0.779. The van der Waals surface area contributed by atoms with Gasteiger partial charge in [0.05, 0.1) is 6.42 Å². The van der Waals surface area contributed by atoms with Gasteiger partial charge in [-0.25, -0.2) is 0 Å². The summed E-state index contributed by atoms with van der Waals surface area (Å²) in [7, 11) is 1.84. The third kappa shape index (κ3) is 4.35. The molecule has 0 aliphatic heterocycles. The summed E-state index contributed by atoms with van der Waals surface area (Å²) < 4.78 is 0. The van der Waals surface area contributed by atoms with Crippen molar-refractivity contribution in [1.29, 1.82) is 0 Å². The number of hydrogen-bond donors (Lipinski definition) is 0. The summed E-state index contributed by atoms with van der Waals surface area (Å²) in [6, 6.07) is 8.10. The molecule has 0 fully saturated rings. The van der Waals surface area contributed by atoms with E-state index in [4.69, 9.17) is 0 Å². The van der Waals surface area contributed by atoms with Gasteiger partial charge in [0.1, 0.15) is 0 Å². The molecule has 1 amide bonds. The largest absolute Gasteiger partial charge is 0.344 e. The van der Waals surface area contributed by atoms with E-state index in [-0.39, 0.29) is 5.91 Å². The van der Waals surface area contributed by atoms with E-state index in [1.807, 2.05) is 45.2 Å². The molecule has 0 aromatic heterocycles. The Morgan fingerprint density at radius 3 is 2.44 bits per heavy atom. The maximum Gasteiger partial charge on any atom is 0.226 e. The Kier molecular flexibility index (Phi) is 5.00. The second kappa shape index (κ2) is 6.04. The molecule has 1 atom stereocenters. The Hall–Kier alpha value is -0.830. The van der Waals surface area contributed by atoms with Crippen molar-refractivity contribution in [2.75, 3.05) is 13.6 Å². The third-order valence-corrected chi connectivity index (χ3v) is 2.72. The van der Waals surface area contributed by atoms with Crippen LogP contribution in [0, 0.1) is 6.92 Å². The molecule has 2 nitrogen and oxygen atoms in total. The Morgan fingerprint density at radius 1 is 1.38 bits per heavy atom. The number of carbonyl (C=O) groups is 1. The molecule has 3 heteroatoms. The van der Waals surface area contributed by atoms with Crippen molar-refractivity contribution in [2.45, 2.75) is 25.1 Å². The first-order valence-electron chi connectivity index (χ1n) is 5.42. The Morgan fingerprint density at radius 2 is 1.94 bits per heavy atom. The molecule has 0 bridgehead atoms. The molecular formula is C13H18BrNO. The highest BCUT2D eigenvalue weighted by Crippen LogP contribution is 2.07. The first kappa shape index (κ1) is 13.2. The zero-order valence-corrected chi connectivity index (χ0v) is 11.6. The highest BCUT2D eigenvalue weighted by atomic mass is 79.9. The molecule has 1 aromatic rings. The minimum absolute atomic E-state index is 0.162. The Labute approximate surface area is 106 Å². The van der Waals surface area contributed by atoms with Crippen molar-refractivity contribution >= 4 is 21.8 Å². The number of rotatable bonds is 4. The molecule has 1 rings (SSSR count). The van der Waals surface area contributed by atoms with Gasteiger partial charge in [-0.3, -0.25) is 4.79 Å². The molecule has 0 saturated heterocycles. The number of likely N-dealkylation sites (N-methyl/N-ethyl adjacent to an activating group) is 1. The average Bonchev–Trinajstić information content (AvgIpc) is 2.20. The van der Waals surface area contributed by atoms with Crippen LogP contribution in [-0.4, -0.2) is 29.2 Å². The van der Waals surface area contributed by atoms with Crippen LogP contribution in [0.15, 0.2) is 24.3 Å². The van der Waals surface area contributed by atoms with Crippen molar-refractivity contribution in [1.82, 2.24) is 4.90 Å². The van der Waals surface area contributed by atoms with Crippen LogP contribution in [0.1, 0.15) is 18.1 Å². The topological polar surface area (TPSA) is 20.3 Å². The molecule has 0 radical (unpaired) electrons. The number of benzene rings is 1. The third-order valence-electron chi connectivity index (χ3n) is 2.43. The molecule has 0 saturated carbocycles. The first-order valence-corrected chi connectivity index (χ1v) is 6.34. The standard InChI is InChI=1S/C13H18BrNO/c1-10-4-6-12(7-5-10)8-13(16)15(3)9-11(2)14/h4-7,11H,8-9H2,1-3H3. The number of aryl methyl sites for hydroxylation is 1. The fraction of sp³-hybridized carbons (Fsp3) is 0.462. The second-order valence-corrected chi connectivity index (χ2v) is 5.78. The molecule has 0 aliphatic carbocycles. The average molecular weight is 284 g/mol. The van der Waals surface area contributed by atoms with Gasteiger partial charge in [0, 0.05) is 18.4 Å². The summed E-state index contributed by atoms with van der Waals surface area (Å²) in [5.74, 6) is 0.162. The zero-order chi connectivity index (χ0) is 12.1. The van der Waals surface area contributed by atoms with Crippen molar-refractivity contribution in [3.8, 4) is 0 Å². The smallest absolute Gasteiger partial charge is 0.226 e. The predicted octanol–water partition coefficient (Wildman–Crippen LogP) is 2.78. The van der Waals surface area contributed by atoms with Crippen molar-refractivity contribution in [2.24, 2.45) is 0 Å². The van der Waals surface area contributed by atoms with Gasteiger partial charge < -0.3 is 4.90 Å². The lowest BCUT2D eigenvalue weighted by Crippen LogP contribution is -2.32. The number of nitrogens with zero attached hydrogens (tertiary/aromatic N) is 1. The molecule has 1 unspecified atom stereocenters. The molecule has 16 heavy (non-hydrogen) atoms. The lowest BCUT2D eigenvalue weighted by molar-refractivity contribution is -0.129. The molecule has 0 heterocycles. The summed E-state index contributed by atoms with van der Waals surface area (Å²) in [5.41, 5.74) is 2.29. The number of halogens is 1. The maximum atomic E-state index is 11.8. The van der Waals surface area contributed by atoms with Crippen LogP contribution < -0.4 is 0 Å². The van der Waals surface area contributed by atoms with Crippen molar-refractivity contribution in [3.63, 3.8) is 0 Å². The maximum absolute atomic E-state index is 11.8. The van der Waals surface area contributed by atoms with Crippen LogP contribution >= 0.6 is 15.9 Å². The van der Waals surface area contributed by atoms with Crippen LogP contribution in [0.2, 0.25) is 0 Å². The minimum Gasteiger partial charge on any atom is -0.344 e. The lowest BCUT2D eigenvalue weighted by Gasteiger charge is -2.18. The van der Waals surface area contributed by atoms with E-state index < -0.39 is 0 Å². The van der Waals surface area contributed by atoms with Gasteiger partial charge in [-0.15, -0.1) is 0 Å². The monoisotopic (exact) mass is 283 g/mol. The van der Waals surface area contributed by atoms with Gasteiger partial charge in [0.2, 0.25) is 5.91 Å². The molecule has 0 spiro atoms. The van der Waals surface area contributed by atoms with Crippen LogP contribution in [0.4, 0.5) is 0 Å². The highest BCUT2D eigenvalue weighted by molar-refractivity contribution is 9.09. The summed E-state index contributed by atoms with van der Waals surface area (Å²) in [6.07, 6.45) is 0.483. The van der Waals surface area contributed by atoms with Crippen molar-refractivity contribution < 1.29 is 4.79 Å². The first-order chi connectivity index (χ1) is 7.49. The van der Waals surface area contributed by atoms with Gasteiger partial charge in [-0.2, -0.15) is 0 Å². The SMILES string of the molecule is Cc1ccc(CC(=O)N(C)CC(C)Br)cc1. The van der Waals surface area contributed by atoms with E-state index in [0.717, 1.165) is 12.1 Å². The van der Waals surface area contributed by atoms with Crippen molar-refractivity contribution in [3.05, 3.63) is 35.4 Å². The molecule has 88 valence electrons. The van der Waals surface area contributed by atoms with Crippen LogP contribution in [-0.2, 0) is 11.2 Å². The molecule has 0 aliphatic rings. The molecule has 0 N–H and O–H groups in total. The van der Waals surface area contributed by atoms with E-state index in [9.17, 15) is 4.79 Å². The minimum atomic E-state index is 0.162. The van der Waals surface area contributed by atoms with Gasteiger partial charge in [0.25, 0.3) is 0 Å². The Bertz CT molecular complexity index is 345. The van der Waals surface area contributed by atoms with Gasteiger partial charge in [0.15, 0.2) is 0 Å². The number of hydrogen-bond acceptors (Lipinski definition) is 1. The fourth-order valence-electron chi connectivity index (χ4n) is 1.49. The van der Waals surface area contributed by atoms with E-state index in [1.165, 1.54) is 5.56 Å². The summed E-state index contributed by atoms with van der Waals surface area (Å²) in [6.45, 7) is 4.82. The fourth-order valence-corrected chi connectivity index (χ4v) is 1.93. The van der Waals surface area contributed by atoms with Gasteiger partial charge >= 0.3 is 0 Å². The summed E-state index contributed by atoms with van der Waals surface area (Å²) >= 11 is 3.44.